The second-order valence-electron chi connectivity index (χ2n) is 7.84. The maximum absolute atomic E-state index is 12.7. The molecule has 0 saturated carbocycles. The van der Waals surface area contributed by atoms with Gasteiger partial charge >= 0.3 is 5.69 Å². The summed E-state index contributed by atoms with van der Waals surface area (Å²) in [6, 6.07) is 7.73. The summed E-state index contributed by atoms with van der Waals surface area (Å²) in [5, 5.41) is 3.68. The van der Waals surface area contributed by atoms with E-state index in [1.54, 1.807) is 4.90 Å². The minimum atomic E-state index is -0.174. The van der Waals surface area contributed by atoms with E-state index in [1.807, 2.05) is 35.8 Å². The van der Waals surface area contributed by atoms with Crippen molar-refractivity contribution in [1.29, 1.82) is 0 Å². The largest absolute Gasteiger partial charge is 0.348 e. The fourth-order valence-corrected chi connectivity index (χ4v) is 4.94. The van der Waals surface area contributed by atoms with Crippen LogP contribution in [0.3, 0.4) is 0 Å². The van der Waals surface area contributed by atoms with Gasteiger partial charge in [0.15, 0.2) is 0 Å². The number of hydrogen-bond donors (Lipinski definition) is 2. The number of rotatable bonds is 10. The summed E-state index contributed by atoms with van der Waals surface area (Å²) in [4.78, 5) is 31.1. The van der Waals surface area contributed by atoms with E-state index in [-0.39, 0.29) is 17.3 Å². The predicted molar refractivity (Wildman–Crippen MR) is 123 cm³/mol. The molecule has 30 heavy (non-hydrogen) atoms. The number of nitrogens with one attached hydrogen (secondary N) is 2. The fraction of sp³-hybridized carbons (Fsp3) is 0.522. The van der Waals surface area contributed by atoms with Crippen LogP contribution in [0, 0.1) is 6.92 Å². The van der Waals surface area contributed by atoms with Crippen molar-refractivity contribution in [3.8, 4) is 0 Å². The van der Waals surface area contributed by atoms with E-state index in [0.29, 0.717) is 0 Å². The first-order valence-electron chi connectivity index (χ1n) is 11.0. The Morgan fingerprint density at radius 3 is 2.73 bits per heavy atom. The van der Waals surface area contributed by atoms with Crippen molar-refractivity contribution in [1.82, 2.24) is 9.55 Å². The molecule has 1 aromatic carbocycles. The van der Waals surface area contributed by atoms with Crippen LogP contribution in [0.2, 0.25) is 0 Å². The van der Waals surface area contributed by atoms with Crippen LogP contribution >= 0.6 is 11.8 Å². The van der Waals surface area contributed by atoms with Gasteiger partial charge in [-0.2, -0.15) is 4.98 Å². The molecule has 0 unspecified atom stereocenters. The van der Waals surface area contributed by atoms with Gasteiger partial charge in [0.05, 0.1) is 25.4 Å². The van der Waals surface area contributed by atoms with Crippen LogP contribution in [0.5, 0.6) is 0 Å². The number of carbonyl (C=O) groups excluding carboxylic acids is 1. The quantitative estimate of drug-likeness (QED) is 0.448. The number of nitrogens with zero attached hydrogens (tertiary/aromatic N) is 2. The first-order valence-corrected chi connectivity index (χ1v) is 12.0. The number of para-hydroxylation sites is 1. The Morgan fingerprint density at radius 2 is 2.00 bits per heavy atom. The third kappa shape index (κ3) is 5.52. The predicted octanol–water partition coefficient (Wildman–Crippen LogP) is 2.09. The van der Waals surface area contributed by atoms with Crippen LogP contribution in [-0.2, 0) is 24.2 Å². The SMILES string of the molecule is CC[NH+](CC)CCCn1c2c(c(SCC(=O)Nc3ccccc3C)nc1=O)CCC2. The number of amides is 1. The van der Waals surface area contributed by atoms with Crippen LogP contribution in [0.1, 0.15) is 43.5 Å². The first kappa shape index (κ1) is 22.6. The Hall–Kier alpha value is -2.12. The highest BCUT2D eigenvalue weighted by molar-refractivity contribution is 8.00. The molecule has 0 saturated heterocycles. The van der Waals surface area contributed by atoms with Crippen LogP contribution in [0.25, 0.3) is 0 Å². The molecule has 1 aliphatic carbocycles. The molecule has 1 aliphatic rings. The number of thioether (sulfide) groups is 1. The average molecular weight is 430 g/mol. The highest BCUT2D eigenvalue weighted by Gasteiger charge is 2.22. The molecule has 2 N–H and O–H groups in total. The van der Waals surface area contributed by atoms with Crippen LogP contribution in [-0.4, -0.2) is 40.8 Å². The lowest BCUT2D eigenvalue weighted by molar-refractivity contribution is -0.896. The summed E-state index contributed by atoms with van der Waals surface area (Å²) in [5.41, 5.74) is 3.98. The number of aromatic nitrogens is 2. The summed E-state index contributed by atoms with van der Waals surface area (Å²) < 4.78 is 1.88. The van der Waals surface area contributed by atoms with Gasteiger partial charge in [-0.1, -0.05) is 30.0 Å². The van der Waals surface area contributed by atoms with E-state index in [1.165, 1.54) is 17.3 Å². The maximum atomic E-state index is 12.7. The zero-order chi connectivity index (χ0) is 21.5. The summed E-state index contributed by atoms with van der Waals surface area (Å²) in [7, 11) is 0. The molecule has 1 aromatic heterocycles. The number of quaternary nitrogens is 1. The molecule has 2 aromatic rings. The molecule has 0 fully saturated rings. The third-order valence-electron chi connectivity index (χ3n) is 5.87. The van der Waals surface area contributed by atoms with Gasteiger partial charge in [-0.25, -0.2) is 4.79 Å². The molecule has 0 bridgehead atoms. The normalized spacial score (nSPS) is 12.9. The van der Waals surface area contributed by atoms with Gasteiger partial charge < -0.3 is 10.2 Å². The van der Waals surface area contributed by atoms with E-state index >= 15 is 0 Å². The maximum Gasteiger partial charge on any atom is 0.348 e. The number of benzene rings is 1. The van der Waals surface area contributed by atoms with Gasteiger partial charge in [-0.15, -0.1) is 0 Å². The van der Waals surface area contributed by atoms with Crippen molar-refractivity contribution in [2.24, 2.45) is 0 Å². The van der Waals surface area contributed by atoms with E-state index in [0.717, 1.165) is 73.8 Å². The van der Waals surface area contributed by atoms with Crippen molar-refractivity contribution < 1.29 is 9.69 Å². The van der Waals surface area contributed by atoms with Crippen LogP contribution < -0.4 is 15.9 Å². The Balaban J connectivity index is 1.66. The molecule has 0 radical (unpaired) electrons. The zero-order valence-corrected chi connectivity index (χ0v) is 19.1. The van der Waals surface area contributed by atoms with Crippen molar-refractivity contribution in [2.75, 3.05) is 30.7 Å². The Morgan fingerprint density at radius 1 is 1.23 bits per heavy atom. The third-order valence-corrected chi connectivity index (χ3v) is 6.89. The van der Waals surface area contributed by atoms with Crippen molar-refractivity contribution in [2.45, 2.75) is 58.0 Å². The lowest BCUT2D eigenvalue weighted by Gasteiger charge is -2.17. The van der Waals surface area contributed by atoms with Crippen molar-refractivity contribution in [3.05, 3.63) is 51.6 Å². The standard InChI is InChI=1S/C23H32N4O2S/c1-4-26(5-2)14-9-15-27-20-13-8-11-18(20)22(25-23(27)29)30-16-21(28)24-19-12-7-6-10-17(19)3/h6-7,10,12H,4-5,8-9,11,13-16H2,1-3H3,(H,24,28)/p+1. The average Bonchev–Trinajstić information content (AvgIpc) is 3.23. The van der Waals surface area contributed by atoms with Crippen molar-refractivity contribution in [3.63, 3.8) is 0 Å². The molecule has 0 atom stereocenters. The molecule has 6 nitrogen and oxygen atoms in total. The molecule has 7 heteroatoms. The summed E-state index contributed by atoms with van der Waals surface area (Å²) in [6.07, 6.45) is 3.89. The van der Waals surface area contributed by atoms with Gasteiger partial charge in [0.1, 0.15) is 5.03 Å². The Labute approximate surface area is 183 Å². The Kier molecular flexibility index (Phi) is 8.10. The summed E-state index contributed by atoms with van der Waals surface area (Å²) in [6.45, 7) is 10.4. The molecular formula is C23H33N4O2S+. The second kappa shape index (κ2) is 10.8. The number of hydrogen-bond acceptors (Lipinski definition) is 4. The van der Waals surface area contributed by atoms with E-state index in [2.05, 4.69) is 24.1 Å². The van der Waals surface area contributed by atoms with Crippen LogP contribution in [0.15, 0.2) is 34.1 Å². The molecule has 1 amide bonds. The fourth-order valence-electron chi connectivity index (χ4n) is 4.06. The molecule has 0 aliphatic heterocycles. The highest BCUT2D eigenvalue weighted by Crippen LogP contribution is 2.29. The smallest absolute Gasteiger partial charge is 0.335 e. The zero-order valence-electron chi connectivity index (χ0n) is 18.3. The molecule has 1 heterocycles. The monoisotopic (exact) mass is 429 g/mol. The number of anilines is 1. The number of aryl methyl sites for hydroxylation is 1. The van der Waals surface area contributed by atoms with Gasteiger partial charge in [0.2, 0.25) is 5.91 Å². The molecule has 162 valence electrons. The van der Waals surface area contributed by atoms with E-state index in [4.69, 9.17) is 0 Å². The molecule has 3 rings (SSSR count). The Bertz CT molecular complexity index is 937. The molecular weight excluding hydrogens is 396 g/mol. The van der Waals surface area contributed by atoms with Crippen molar-refractivity contribution >= 4 is 23.4 Å². The number of fused-ring (bicyclic) bond motifs is 1. The van der Waals surface area contributed by atoms with Crippen LogP contribution in [0.4, 0.5) is 5.69 Å². The number of carbonyl (C=O) groups is 1. The highest BCUT2D eigenvalue weighted by atomic mass is 32.2. The second-order valence-corrected chi connectivity index (χ2v) is 8.81. The minimum absolute atomic E-state index is 0.0748. The molecule has 0 spiro atoms. The summed E-state index contributed by atoms with van der Waals surface area (Å²) in [5.74, 6) is 0.178. The van der Waals surface area contributed by atoms with Gasteiger partial charge in [0, 0.05) is 29.9 Å². The first-order chi connectivity index (χ1) is 14.5. The topological polar surface area (TPSA) is 68.4 Å². The lowest BCUT2D eigenvalue weighted by Crippen LogP contribution is -3.11. The van der Waals surface area contributed by atoms with Gasteiger partial charge in [0.25, 0.3) is 0 Å². The minimum Gasteiger partial charge on any atom is -0.335 e. The van der Waals surface area contributed by atoms with E-state index < -0.39 is 0 Å². The lowest BCUT2D eigenvalue weighted by atomic mass is 10.2. The van der Waals surface area contributed by atoms with Gasteiger partial charge in [-0.05, 0) is 51.7 Å². The van der Waals surface area contributed by atoms with Gasteiger partial charge in [-0.3, -0.25) is 9.36 Å². The summed E-state index contributed by atoms with van der Waals surface area (Å²) >= 11 is 1.38. The van der Waals surface area contributed by atoms with E-state index in [9.17, 15) is 9.59 Å².